The number of piperidine rings is 1. The predicted molar refractivity (Wildman–Crippen MR) is 95.5 cm³/mol. The molecule has 1 aromatic carbocycles. The molecule has 0 amide bonds. The average molecular weight is 379 g/mol. The Balaban J connectivity index is 1.91. The molecule has 0 aliphatic carbocycles. The molecule has 1 N–H and O–H groups in total. The predicted octanol–water partition coefficient (Wildman–Crippen LogP) is -0.377. The minimum atomic E-state index is -4.11. The molecule has 0 saturated carbocycles. The van der Waals surface area contributed by atoms with E-state index in [9.17, 15) is 23.1 Å². The first-order chi connectivity index (χ1) is 12.2. The van der Waals surface area contributed by atoms with Crippen LogP contribution >= 0.6 is 0 Å². The largest absolute Gasteiger partial charge is 0.391 e. The van der Waals surface area contributed by atoms with Crippen LogP contribution in [0.3, 0.4) is 0 Å². The van der Waals surface area contributed by atoms with Gasteiger partial charge < -0.3 is 9.67 Å². The van der Waals surface area contributed by atoms with Crippen molar-refractivity contribution < 1.29 is 13.5 Å². The second kappa shape index (κ2) is 6.82. The molecule has 0 spiro atoms. The summed E-state index contributed by atoms with van der Waals surface area (Å²) < 4.78 is 28.7. The van der Waals surface area contributed by atoms with E-state index < -0.39 is 32.3 Å². The summed E-state index contributed by atoms with van der Waals surface area (Å²) in [5, 5.41) is 10.5. The first-order valence-electron chi connectivity index (χ1n) is 8.23. The van der Waals surface area contributed by atoms with Crippen LogP contribution < -0.4 is 11.2 Å². The Morgan fingerprint density at radius 2 is 1.77 bits per heavy atom. The monoisotopic (exact) mass is 379 g/mol. The fourth-order valence-electron chi connectivity index (χ4n) is 3.30. The summed E-state index contributed by atoms with van der Waals surface area (Å²) in [6.07, 6.45) is 0.601. The standard InChI is InChI=1S/C17H21N3O5S/c1-18-11-15(16(22)19(2)17(18)23)26(24,25)20-9-8-13(14(21)10-20)12-6-4-3-5-7-12/h3-7,11,13-14,21H,8-10H2,1-2H3/t13-,14-/m1/s1. The van der Waals surface area contributed by atoms with Crippen LogP contribution in [0.25, 0.3) is 0 Å². The molecule has 140 valence electrons. The number of hydrogen-bond donors (Lipinski definition) is 1. The van der Waals surface area contributed by atoms with Gasteiger partial charge in [-0.15, -0.1) is 0 Å². The first kappa shape index (κ1) is 18.6. The number of β-amino-alcohol motifs (C(OH)–C–C–N with tert-alkyl or cyclic N) is 1. The van der Waals surface area contributed by atoms with E-state index in [2.05, 4.69) is 0 Å². The lowest BCUT2D eigenvalue weighted by Gasteiger charge is -2.35. The number of hydrogen-bond acceptors (Lipinski definition) is 5. The summed E-state index contributed by atoms with van der Waals surface area (Å²) in [5.74, 6) is -0.161. The third kappa shape index (κ3) is 3.13. The molecule has 1 saturated heterocycles. The number of aromatic nitrogens is 2. The summed E-state index contributed by atoms with van der Waals surface area (Å²) in [6, 6.07) is 9.44. The molecule has 9 heteroatoms. The summed E-state index contributed by atoms with van der Waals surface area (Å²) >= 11 is 0. The van der Waals surface area contributed by atoms with Crippen molar-refractivity contribution in [3.63, 3.8) is 0 Å². The van der Waals surface area contributed by atoms with Gasteiger partial charge in [-0.2, -0.15) is 4.31 Å². The number of aliphatic hydroxyl groups is 1. The van der Waals surface area contributed by atoms with Gasteiger partial charge in [0.25, 0.3) is 5.56 Å². The van der Waals surface area contributed by atoms with Gasteiger partial charge in [0.2, 0.25) is 10.0 Å². The summed E-state index contributed by atoms with van der Waals surface area (Å²) in [4.78, 5) is 23.6. The van der Waals surface area contributed by atoms with Crippen molar-refractivity contribution in [1.29, 1.82) is 0 Å². The van der Waals surface area contributed by atoms with Gasteiger partial charge >= 0.3 is 5.69 Å². The minimum absolute atomic E-state index is 0.103. The van der Waals surface area contributed by atoms with E-state index in [1.165, 1.54) is 14.1 Å². The molecular weight excluding hydrogens is 358 g/mol. The van der Waals surface area contributed by atoms with Crippen molar-refractivity contribution in [2.45, 2.75) is 23.3 Å². The molecule has 1 aromatic heterocycles. The molecule has 2 atom stereocenters. The van der Waals surface area contributed by atoms with Crippen molar-refractivity contribution >= 4 is 10.0 Å². The third-order valence-electron chi connectivity index (χ3n) is 4.81. The fourth-order valence-corrected chi connectivity index (χ4v) is 4.92. The van der Waals surface area contributed by atoms with Gasteiger partial charge in [-0.05, 0) is 12.0 Å². The Morgan fingerprint density at radius 1 is 1.12 bits per heavy atom. The third-order valence-corrected chi connectivity index (χ3v) is 6.65. The van der Waals surface area contributed by atoms with Crippen molar-refractivity contribution in [1.82, 2.24) is 13.4 Å². The lowest BCUT2D eigenvalue weighted by Crippen LogP contribution is -2.48. The van der Waals surface area contributed by atoms with Crippen molar-refractivity contribution in [3.8, 4) is 0 Å². The van der Waals surface area contributed by atoms with E-state index in [0.29, 0.717) is 6.42 Å². The van der Waals surface area contributed by atoms with Gasteiger partial charge in [-0.3, -0.25) is 9.36 Å². The molecule has 2 aromatic rings. The normalized spacial score (nSPS) is 21.7. The molecular formula is C17H21N3O5S. The number of aryl methyl sites for hydroxylation is 1. The number of rotatable bonds is 3. The topological polar surface area (TPSA) is 102 Å². The molecule has 26 heavy (non-hydrogen) atoms. The number of aliphatic hydroxyl groups excluding tert-OH is 1. The summed E-state index contributed by atoms with van der Waals surface area (Å²) in [6.45, 7) is 0.0822. The molecule has 1 aliphatic rings. The van der Waals surface area contributed by atoms with Crippen molar-refractivity contribution in [2.75, 3.05) is 13.1 Å². The van der Waals surface area contributed by atoms with Gasteiger partial charge in [-0.25, -0.2) is 13.2 Å². The highest BCUT2D eigenvalue weighted by molar-refractivity contribution is 7.89. The summed E-state index contributed by atoms with van der Waals surface area (Å²) in [5.41, 5.74) is -0.514. The SMILES string of the molecule is Cn1cc(S(=O)(=O)N2CC[C@H](c3ccccc3)[C@H](O)C2)c(=O)n(C)c1=O. The Labute approximate surface area is 151 Å². The van der Waals surface area contributed by atoms with E-state index in [1.54, 1.807) is 0 Å². The lowest BCUT2D eigenvalue weighted by atomic mass is 9.88. The molecule has 2 heterocycles. The van der Waals surface area contributed by atoms with Crippen LogP contribution in [-0.4, -0.2) is 46.2 Å². The molecule has 1 aliphatic heterocycles. The van der Waals surface area contributed by atoms with Gasteiger partial charge in [-0.1, -0.05) is 30.3 Å². The molecule has 0 radical (unpaired) electrons. The van der Waals surface area contributed by atoms with Gasteiger partial charge in [0.1, 0.15) is 0 Å². The zero-order valence-electron chi connectivity index (χ0n) is 14.6. The Kier molecular flexibility index (Phi) is 4.87. The highest BCUT2D eigenvalue weighted by atomic mass is 32.2. The van der Waals surface area contributed by atoms with Gasteiger partial charge in [0, 0.05) is 39.3 Å². The Morgan fingerprint density at radius 3 is 2.38 bits per heavy atom. The maximum absolute atomic E-state index is 12.9. The summed E-state index contributed by atoms with van der Waals surface area (Å²) in [7, 11) is -1.49. The zero-order chi connectivity index (χ0) is 19.1. The lowest BCUT2D eigenvalue weighted by molar-refractivity contribution is 0.0854. The fraction of sp³-hybridized carbons (Fsp3) is 0.412. The number of benzene rings is 1. The quantitative estimate of drug-likeness (QED) is 0.784. The van der Waals surface area contributed by atoms with Crippen molar-refractivity contribution in [3.05, 3.63) is 62.9 Å². The molecule has 1 fully saturated rings. The van der Waals surface area contributed by atoms with E-state index in [4.69, 9.17) is 0 Å². The highest BCUT2D eigenvalue weighted by Gasteiger charge is 2.37. The smallest absolute Gasteiger partial charge is 0.330 e. The van der Waals surface area contributed by atoms with Crippen molar-refractivity contribution in [2.24, 2.45) is 14.1 Å². The number of nitrogens with zero attached hydrogens (tertiary/aromatic N) is 3. The second-order valence-electron chi connectivity index (χ2n) is 6.49. The molecule has 3 rings (SSSR count). The average Bonchev–Trinajstić information content (AvgIpc) is 2.63. The van der Waals surface area contributed by atoms with Crippen LogP contribution in [0, 0.1) is 0 Å². The maximum atomic E-state index is 12.9. The van der Waals surface area contributed by atoms with Gasteiger partial charge in [0.15, 0.2) is 4.90 Å². The van der Waals surface area contributed by atoms with Gasteiger partial charge in [0.05, 0.1) is 6.10 Å². The molecule has 8 nitrogen and oxygen atoms in total. The van der Waals surface area contributed by atoms with Crippen LogP contribution in [-0.2, 0) is 24.1 Å². The molecule has 0 bridgehead atoms. The van der Waals surface area contributed by atoms with E-state index in [-0.39, 0.29) is 19.0 Å². The van der Waals surface area contributed by atoms with Crippen LogP contribution in [0.15, 0.2) is 51.0 Å². The van der Waals surface area contributed by atoms with Crippen LogP contribution in [0.4, 0.5) is 0 Å². The highest BCUT2D eigenvalue weighted by Crippen LogP contribution is 2.30. The van der Waals surface area contributed by atoms with E-state index in [1.807, 2.05) is 30.3 Å². The second-order valence-corrected chi connectivity index (χ2v) is 8.39. The van der Waals surface area contributed by atoms with E-state index >= 15 is 0 Å². The van der Waals surface area contributed by atoms with Crippen LogP contribution in [0.5, 0.6) is 0 Å². The Bertz CT molecular complexity index is 1030. The van der Waals surface area contributed by atoms with Crippen LogP contribution in [0.1, 0.15) is 17.9 Å². The minimum Gasteiger partial charge on any atom is -0.391 e. The number of sulfonamides is 1. The maximum Gasteiger partial charge on any atom is 0.330 e. The first-order valence-corrected chi connectivity index (χ1v) is 9.67. The zero-order valence-corrected chi connectivity index (χ0v) is 15.4. The Hall–Kier alpha value is -2.23. The van der Waals surface area contributed by atoms with Crippen LogP contribution in [0.2, 0.25) is 0 Å². The van der Waals surface area contributed by atoms with E-state index in [0.717, 1.165) is 25.2 Å². The molecule has 0 unspecified atom stereocenters.